The first-order chi connectivity index (χ1) is 12.0. The van der Waals surface area contributed by atoms with Crippen LogP contribution in [0.1, 0.15) is 24.7 Å². The van der Waals surface area contributed by atoms with E-state index in [1.165, 1.54) is 10.8 Å². The van der Waals surface area contributed by atoms with E-state index in [0.717, 1.165) is 18.2 Å². The van der Waals surface area contributed by atoms with Crippen molar-refractivity contribution in [2.45, 2.75) is 26.8 Å². The van der Waals surface area contributed by atoms with E-state index in [9.17, 15) is 14.9 Å². The first kappa shape index (κ1) is 18.1. The Bertz CT molecular complexity index is 785. The Balaban J connectivity index is 2.00. The van der Waals surface area contributed by atoms with Crippen molar-refractivity contribution in [1.82, 2.24) is 15.0 Å². The molecule has 9 nitrogen and oxygen atoms in total. The van der Waals surface area contributed by atoms with E-state index in [1.807, 2.05) is 31.2 Å². The summed E-state index contributed by atoms with van der Waals surface area (Å²) in [6, 6.07) is 7.31. The number of para-hydroxylation sites is 1. The lowest BCUT2D eigenvalue weighted by Crippen LogP contribution is -2.24. The maximum Gasteiger partial charge on any atom is 0.343 e. The molecule has 0 aliphatic rings. The summed E-state index contributed by atoms with van der Waals surface area (Å²) in [5, 5.41) is 14.8. The summed E-state index contributed by atoms with van der Waals surface area (Å²) in [4.78, 5) is 26.1. The van der Waals surface area contributed by atoms with Gasteiger partial charge < -0.3 is 14.9 Å². The van der Waals surface area contributed by atoms with Gasteiger partial charge in [-0.15, -0.1) is 0 Å². The second-order valence-electron chi connectivity index (χ2n) is 5.19. The topological polar surface area (TPSA) is 112 Å². The van der Waals surface area contributed by atoms with Crippen LogP contribution >= 0.6 is 0 Å². The average Bonchev–Trinajstić information content (AvgIpc) is 2.95. The fraction of sp³-hybridized carbons (Fsp3) is 0.312. The molecule has 0 saturated carbocycles. The van der Waals surface area contributed by atoms with Crippen LogP contribution in [0.5, 0.6) is 5.75 Å². The number of hydrogen-bond acceptors (Lipinski definition) is 6. The minimum Gasteiger partial charge on any atom is -0.493 e. The van der Waals surface area contributed by atoms with Crippen molar-refractivity contribution in [3.63, 3.8) is 0 Å². The molecule has 0 atom stereocenters. The second-order valence-corrected chi connectivity index (χ2v) is 5.19. The summed E-state index contributed by atoms with van der Waals surface area (Å²) >= 11 is 0. The van der Waals surface area contributed by atoms with Gasteiger partial charge in [-0.1, -0.05) is 19.1 Å². The number of carbonyl (C=O) groups excluding carboxylic acids is 1. The molecule has 1 aromatic carbocycles. The third kappa shape index (κ3) is 4.87. The average molecular weight is 345 g/mol. The van der Waals surface area contributed by atoms with Crippen molar-refractivity contribution >= 4 is 17.9 Å². The third-order valence-electron chi connectivity index (χ3n) is 3.30. The SMILES string of the molecule is CCCOc1ccccc1C=NNC(=O)Cn1c([N+](=O)[O-])cnc1C. The van der Waals surface area contributed by atoms with Crippen molar-refractivity contribution in [3.05, 3.63) is 52.0 Å². The van der Waals surface area contributed by atoms with E-state index >= 15 is 0 Å². The number of hydrazone groups is 1. The number of nitrogens with one attached hydrogen (secondary N) is 1. The standard InChI is InChI=1S/C16H19N5O4/c1-3-8-25-14-7-5-4-6-13(14)9-18-19-15(22)11-20-12(2)17-10-16(20)21(23)24/h4-7,9-10H,3,8,11H2,1-2H3,(H,19,22). The molecule has 0 spiro atoms. The molecule has 1 N–H and O–H groups in total. The minimum atomic E-state index is -0.585. The summed E-state index contributed by atoms with van der Waals surface area (Å²) in [6.07, 6.45) is 3.47. The smallest absolute Gasteiger partial charge is 0.343 e. The summed E-state index contributed by atoms with van der Waals surface area (Å²) in [5.74, 6) is 0.315. The molecule has 1 amide bonds. The Hall–Kier alpha value is -3.23. The normalized spacial score (nSPS) is 10.8. The van der Waals surface area contributed by atoms with Crippen LogP contribution < -0.4 is 10.2 Å². The fourth-order valence-corrected chi connectivity index (χ4v) is 2.08. The third-order valence-corrected chi connectivity index (χ3v) is 3.30. The molecule has 0 bridgehead atoms. The lowest BCUT2D eigenvalue weighted by atomic mass is 10.2. The number of amides is 1. The predicted molar refractivity (Wildman–Crippen MR) is 91.6 cm³/mol. The Morgan fingerprint density at radius 3 is 2.96 bits per heavy atom. The number of aryl methyl sites for hydroxylation is 1. The van der Waals surface area contributed by atoms with Gasteiger partial charge >= 0.3 is 5.82 Å². The van der Waals surface area contributed by atoms with Crippen molar-refractivity contribution in [2.24, 2.45) is 5.10 Å². The predicted octanol–water partition coefficient (Wildman–Crippen LogP) is 2.04. The molecule has 0 fully saturated rings. The Morgan fingerprint density at radius 2 is 2.24 bits per heavy atom. The van der Waals surface area contributed by atoms with Crippen LogP contribution in [0.3, 0.4) is 0 Å². The van der Waals surface area contributed by atoms with Gasteiger partial charge in [0, 0.05) is 12.5 Å². The molecule has 25 heavy (non-hydrogen) atoms. The largest absolute Gasteiger partial charge is 0.493 e. The van der Waals surface area contributed by atoms with Gasteiger partial charge in [-0.3, -0.25) is 4.79 Å². The zero-order valence-electron chi connectivity index (χ0n) is 14.0. The number of hydrogen-bond donors (Lipinski definition) is 1. The first-order valence-electron chi connectivity index (χ1n) is 7.73. The van der Waals surface area contributed by atoms with Gasteiger partial charge in [-0.2, -0.15) is 5.10 Å². The number of benzene rings is 1. The van der Waals surface area contributed by atoms with E-state index < -0.39 is 10.8 Å². The molecule has 1 aromatic heterocycles. The number of imidazole rings is 1. The summed E-state index contributed by atoms with van der Waals surface area (Å²) in [6.45, 7) is 3.94. The van der Waals surface area contributed by atoms with Gasteiger partial charge in [0.15, 0.2) is 12.4 Å². The lowest BCUT2D eigenvalue weighted by Gasteiger charge is -2.07. The van der Waals surface area contributed by atoms with Gasteiger partial charge in [0.05, 0.1) is 12.8 Å². The number of aromatic nitrogens is 2. The van der Waals surface area contributed by atoms with Gasteiger partial charge in [-0.25, -0.2) is 15.0 Å². The zero-order valence-corrected chi connectivity index (χ0v) is 14.0. The quantitative estimate of drug-likeness (QED) is 0.447. The van der Waals surface area contributed by atoms with Crippen LogP contribution in [0.2, 0.25) is 0 Å². The molecule has 0 aliphatic carbocycles. The highest BCUT2D eigenvalue weighted by Gasteiger charge is 2.19. The summed E-state index contributed by atoms with van der Waals surface area (Å²) < 4.78 is 6.81. The van der Waals surface area contributed by atoms with Crippen LogP contribution in [0.25, 0.3) is 0 Å². The number of nitro groups is 1. The van der Waals surface area contributed by atoms with Crippen LogP contribution in [0.15, 0.2) is 35.6 Å². The number of ether oxygens (including phenoxy) is 1. The van der Waals surface area contributed by atoms with Crippen LogP contribution in [-0.2, 0) is 11.3 Å². The van der Waals surface area contributed by atoms with E-state index in [0.29, 0.717) is 18.2 Å². The molecule has 0 saturated heterocycles. The van der Waals surface area contributed by atoms with Crippen molar-refractivity contribution in [1.29, 1.82) is 0 Å². The second kappa shape index (κ2) is 8.57. The number of carbonyl (C=O) groups is 1. The molecule has 2 rings (SSSR count). The Kier molecular flexibility index (Phi) is 6.21. The molecule has 0 radical (unpaired) electrons. The van der Waals surface area contributed by atoms with Crippen molar-refractivity contribution in [2.75, 3.05) is 6.61 Å². The van der Waals surface area contributed by atoms with E-state index in [1.54, 1.807) is 6.92 Å². The van der Waals surface area contributed by atoms with Crippen LogP contribution in [-0.4, -0.2) is 33.2 Å². The van der Waals surface area contributed by atoms with Crippen molar-refractivity contribution < 1.29 is 14.5 Å². The summed E-state index contributed by atoms with van der Waals surface area (Å²) in [7, 11) is 0. The highest BCUT2D eigenvalue weighted by atomic mass is 16.6. The highest BCUT2D eigenvalue weighted by Crippen LogP contribution is 2.16. The van der Waals surface area contributed by atoms with Crippen LogP contribution in [0, 0.1) is 17.0 Å². The Morgan fingerprint density at radius 1 is 1.48 bits per heavy atom. The molecular weight excluding hydrogens is 326 g/mol. The van der Waals surface area contributed by atoms with Gasteiger partial charge in [0.1, 0.15) is 11.9 Å². The Labute approximate surface area is 144 Å². The molecular formula is C16H19N5O4. The van der Waals surface area contributed by atoms with E-state index in [2.05, 4.69) is 15.5 Å². The molecule has 2 aromatic rings. The monoisotopic (exact) mass is 345 g/mol. The van der Waals surface area contributed by atoms with Gasteiger partial charge in [0.25, 0.3) is 5.91 Å². The number of nitrogens with zero attached hydrogens (tertiary/aromatic N) is 4. The maximum atomic E-state index is 12.0. The molecule has 9 heteroatoms. The highest BCUT2D eigenvalue weighted by molar-refractivity contribution is 5.85. The minimum absolute atomic E-state index is 0.241. The molecule has 0 aliphatic heterocycles. The zero-order chi connectivity index (χ0) is 18.2. The van der Waals surface area contributed by atoms with Gasteiger partial charge in [0.2, 0.25) is 0 Å². The first-order valence-corrected chi connectivity index (χ1v) is 7.73. The maximum absolute atomic E-state index is 12.0. The molecule has 132 valence electrons. The van der Waals surface area contributed by atoms with E-state index in [-0.39, 0.29) is 12.4 Å². The molecule has 1 heterocycles. The lowest BCUT2D eigenvalue weighted by molar-refractivity contribution is -0.392. The molecule has 0 unspecified atom stereocenters. The van der Waals surface area contributed by atoms with Crippen molar-refractivity contribution in [3.8, 4) is 5.75 Å². The number of rotatable bonds is 8. The summed E-state index contributed by atoms with van der Waals surface area (Å²) in [5.41, 5.74) is 3.07. The van der Waals surface area contributed by atoms with E-state index in [4.69, 9.17) is 4.74 Å². The fourth-order valence-electron chi connectivity index (χ4n) is 2.08. The van der Waals surface area contributed by atoms with Crippen LogP contribution in [0.4, 0.5) is 5.82 Å². The van der Waals surface area contributed by atoms with Gasteiger partial charge in [-0.05, 0) is 23.5 Å².